The third-order valence-corrected chi connectivity index (χ3v) is 4.68. The zero-order chi connectivity index (χ0) is 19.6. The summed E-state index contributed by atoms with van der Waals surface area (Å²) in [5.41, 5.74) is 0.972. The normalized spacial score (nSPS) is 18.8. The predicted octanol–water partition coefficient (Wildman–Crippen LogP) is 2.76. The molecular formula is C20H18ClNO5. The van der Waals surface area contributed by atoms with Gasteiger partial charge in [0.05, 0.1) is 25.3 Å². The van der Waals surface area contributed by atoms with Gasteiger partial charge in [0.15, 0.2) is 0 Å². The highest BCUT2D eigenvalue weighted by atomic mass is 35.5. The van der Waals surface area contributed by atoms with Gasteiger partial charge in [-0.25, -0.2) is 0 Å². The first kappa shape index (κ1) is 18.9. The zero-order valence-electron chi connectivity index (χ0n) is 14.6. The second-order valence-electron chi connectivity index (χ2n) is 6.00. The molecule has 1 heterocycles. The molecule has 0 aromatic heterocycles. The molecule has 0 saturated carbocycles. The lowest BCUT2D eigenvalue weighted by atomic mass is 9.95. The van der Waals surface area contributed by atoms with Crippen LogP contribution in [-0.4, -0.2) is 47.1 Å². The molecule has 3 rings (SSSR count). The maximum absolute atomic E-state index is 12.6. The fourth-order valence-corrected chi connectivity index (χ4v) is 3.24. The van der Waals surface area contributed by atoms with Gasteiger partial charge in [0.1, 0.15) is 11.5 Å². The summed E-state index contributed by atoms with van der Waals surface area (Å²) in [4.78, 5) is 26.4. The zero-order valence-corrected chi connectivity index (χ0v) is 15.3. The van der Waals surface area contributed by atoms with Gasteiger partial charge in [-0.15, -0.1) is 0 Å². The lowest BCUT2D eigenvalue weighted by Gasteiger charge is -2.24. The number of β-amino-alcohol motifs (C(OH)–C–C–N with tert-alkyl or cyclic N) is 1. The van der Waals surface area contributed by atoms with Crippen molar-refractivity contribution in [1.29, 1.82) is 0 Å². The molecule has 6 nitrogen and oxygen atoms in total. The number of nitrogens with zero attached hydrogens (tertiary/aromatic N) is 1. The minimum atomic E-state index is -0.809. The van der Waals surface area contributed by atoms with Crippen molar-refractivity contribution in [3.05, 3.63) is 70.3 Å². The molecule has 2 aromatic rings. The van der Waals surface area contributed by atoms with E-state index in [2.05, 4.69) is 0 Å². The van der Waals surface area contributed by atoms with Crippen LogP contribution in [0.15, 0.2) is 54.1 Å². The number of halogens is 1. The van der Waals surface area contributed by atoms with Crippen LogP contribution in [0.25, 0.3) is 5.76 Å². The first-order valence-electron chi connectivity index (χ1n) is 8.27. The second-order valence-corrected chi connectivity index (χ2v) is 6.43. The Hall–Kier alpha value is -2.83. The van der Waals surface area contributed by atoms with Gasteiger partial charge in [-0.3, -0.25) is 9.59 Å². The van der Waals surface area contributed by atoms with Crippen LogP contribution >= 0.6 is 11.6 Å². The van der Waals surface area contributed by atoms with Crippen LogP contribution in [0.5, 0.6) is 5.75 Å². The van der Waals surface area contributed by atoms with Gasteiger partial charge >= 0.3 is 0 Å². The summed E-state index contributed by atoms with van der Waals surface area (Å²) in [5, 5.41) is 20.6. The van der Waals surface area contributed by atoms with Crippen LogP contribution in [0, 0.1) is 0 Å². The Morgan fingerprint density at radius 2 is 1.74 bits per heavy atom. The molecule has 0 spiro atoms. The number of aliphatic hydroxyl groups excluding tert-OH is 2. The summed E-state index contributed by atoms with van der Waals surface area (Å²) >= 11 is 5.94. The van der Waals surface area contributed by atoms with E-state index in [1.54, 1.807) is 48.5 Å². The number of methoxy groups -OCH3 is 1. The predicted molar refractivity (Wildman–Crippen MR) is 101 cm³/mol. The molecule has 1 aliphatic rings. The number of rotatable bonds is 5. The van der Waals surface area contributed by atoms with Crippen molar-refractivity contribution in [2.45, 2.75) is 6.04 Å². The maximum atomic E-state index is 12.6. The van der Waals surface area contributed by atoms with E-state index in [9.17, 15) is 19.8 Å². The quantitative estimate of drug-likeness (QED) is 0.468. The molecule has 1 aliphatic heterocycles. The molecular weight excluding hydrogens is 370 g/mol. The third-order valence-electron chi connectivity index (χ3n) is 4.43. The molecule has 140 valence electrons. The number of hydrogen-bond acceptors (Lipinski definition) is 5. The van der Waals surface area contributed by atoms with Crippen molar-refractivity contribution in [3.8, 4) is 5.75 Å². The van der Waals surface area contributed by atoms with Crippen molar-refractivity contribution in [1.82, 2.24) is 4.90 Å². The average Bonchev–Trinajstić information content (AvgIpc) is 2.93. The van der Waals surface area contributed by atoms with E-state index in [4.69, 9.17) is 16.3 Å². The highest BCUT2D eigenvalue weighted by Gasteiger charge is 2.45. The smallest absolute Gasteiger partial charge is 0.295 e. The first-order chi connectivity index (χ1) is 13.0. The molecule has 1 amide bonds. The molecule has 2 N–H and O–H groups in total. The van der Waals surface area contributed by atoms with Crippen molar-refractivity contribution < 1.29 is 24.5 Å². The SMILES string of the molecule is COc1ccc(C(O)=C2C(=O)C(=O)N(CCO)C2c2ccc(Cl)cc2)cc1. The fourth-order valence-electron chi connectivity index (χ4n) is 3.11. The first-order valence-corrected chi connectivity index (χ1v) is 8.65. The number of amides is 1. The molecule has 1 atom stereocenters. The number of Topliss-reactive ketones (excluding diaryl/α,β-unsaturated/α-hetero) is 1. The van der Waals surface area contributed by atoms with Crippen LogP contribution in [0.1, 0.15) is 17.2 Å². The molecule has 0 radical (unpaired) electrons. The Kier molecular flexibility index (Phi) is 5.48. The monoisotopic (exact) mass is 387 g/mol. The molecule has 1 unspecified atom stereocenters. The number of hydrogen-bond donors (Lipinski definition) is 2. The Bertz CT molecular complexity index is 890. The van der Waals surface area contributed by atoms with Gasteiger partial charge < -0.3 is 19.8 Å². The summed E-state index contributed by atoms with van der Waals surface area (Å²) in [6, 6.07) is 12.4. The van der Waals surface area contributed by atoms with E-state index in [-0.39, 0.29) is 24.5 Å². The maximum Gasteiger partial charge on any atom is 0.295 e. The molecule has 27 heavy (non-hydrogen) atoms. The van der Waals surface area contributed by atoms with Crippen molar-refractivity contribution in [2.75, 3.05) is 20.3 Å². The number of carbonyl (C=O) groups excluding carboxylic acids is 2. The van der Waals surface area contributed by atoms with Gasteiger partial charge in [0.2, 0.25) is 0 Å². The fraction of sp³-hybridized carbons (Fsp3) is 0.200. The molecule has 1 saturated heterocycles. The second kappa shape index (κ2) is 7.82. The minimum Gasteiger partial charge on any atom is -0.507 e. The van der Waals surface area contributed by atoms with E-state index >= 15 is 0 Å². The van der Waals surface area contributed by atoms with Crippen molar-refractivity contribution >= 4 is 29.1 Å². The lowest BCUT2D eigenvalue weighted by molar-refractivity contribution is -0.140. The van der Waals surface area contributed by atoms with Crippen LogP contribution in [0.3, 0.4) is 0 Å². The minimum absolute atomic E-state index is 0.0269. The summed E-state index contributed by atoms with van der Waals surface area (Å²) in [6.07, 6.45) is 0. The number of aliphatic hydroxyl groups is 2. The highest BCUT2D eigenvalue weighted by molar-refractivity contribution is 6.46. The Morgan fingerprint density at radius 3 is 2.30 bits per heavy atom. The number of likely N-dealkylation sites (tertiary alicyclic amines) is 1. The lowest BCUT2D eigenvalue weighted by Crippen LogP contribution is -2.32. The summed E-state index contributed by atoms with van der Waals surface area (Å²) in [7, 11) is 1.52. The molecule has 7 heteroatoms. The molecule has 0 aliphatic carbocycles. The van der Waals surface area contributed by atoms with Gasteiger partial charge in [0, 0.05) is 17.1 Å². The number of benzene rings is 2. The Balaban J connectivity index is 2.14. The third kappa shape index (κ3) is 3.54. The average molecular weight is 388 g/mol. The number of ketones is 1. The highest BCUT2D eigenvalue weighted by Crippen LogP contribution is 2.39. The van der Waals surface area contributed by atoms with Gasteiger partial charge in [-0.1, -0.05) is 23.7 Å². The molecule has 0 bridgehead atoms. The van der Waals surface area contributed by atoms with Gasteiger partial charge in [0.25, 0.3) is 11.7 Å². The number of carbonyl (C=O) groups is 2. The van der Waals surface area contributed by atoms with Crippen molar-refractivity contribution in [3.63, 3.8) is 0 Å². The topological polar surface area (TPSA) is 87.1 Å². The Labute approximate surface area is 161 Å². The van der Waals surface area contributed by atoms with Crippen LogP contribution in [0.2, 0.25) is 5.02 Å². The number of ether oxygens (including phenoxy) is 1. The summed E-state index contributed by atoms with van der Waals surface area (Å²) in [6.45, 7) is -0.336. The van der Waals surface area contributed by atoms with E-state index in [1.165, 1.54) is 12.0 Å². The Morgan fingerprint density at radius 1 is 1.11 bits per heavy atom. The summed E-state index contributed by atoms with van der Waals surface area (Å²) < 4.78 is 5.10. The molecule has 1 fully saturated rings. The van der Waals surface area contributed by atoms with Crippen LogP contribution in [0.4, 0.5) is 0 Å². The van der Waals surface area contributed by atoms with E-state index in [0.717, 1.165) is 0 Å². The molecule has 2 aromatic carbocycles. The van der Waals surface area contributed by atoms with Crippen LogP contribution < -0.4 is 4.74 Å². The van der Waals surface area contributed by atoms with Crippen molar-refractivity contribution in [2.24, 2.45) is 0 Å². The largest absolute Gasteiger partial charge is 0.507 e. The standard InChI is InChI=1S/C20H18ClNO5/c1-27-15-8-4-13(5-9-15)18(24)16-17(12-2-6-14(21)7-3-12)22(10-11-23)20(26)19(16)25/h2-9,17,23-24H,10-11H2,1H3. The summed E-state index contributed by atoms with van der Waals surface area (Å²) in [5.74, 6) is -1.24. The van der Waals surface area contributed by atoms with Gasteiger partial charge in [-0.05, 0) is 42.0 Å². The van der Waals surface area contributed by atoms with E-state index in [0.29, 0.717) is 21.9 Å². The van der Waals surface area contributed by atoms with Crippen LogP contribution in [-0.2, 0) is 9.59 Å². The van der Waals surface area contributed by atoms with Gasteiger partial charge in [-0.2, -0.15) is 0 Å². The van der Waals surface area contributed by atoms with E-state index < -0.39 is 17.7 Å². The van der Waals surface area contributed by atoms with E-state index in [1.807, 2.05) is 0 Å².